The zero-order valence-corrected chi connectivity index (χ0v) is 12.9. The van der Waals surface area contributed by atoms with E-state index >= 15 is 0 Å². The summed E-state index contributed by atoms with van der Waals surface area (Å²) >= 11 is 7.90. The minimum Gasteiger partial charge on any atom is -0.238 e. The van der Waals surface area contributed by atoms with Crippen molar-refractivity contribution in [3.63, 3.8) is 0 Å². The largest absolute Gasteiger partial charge is 0.238 e. The van der Waals surface area contributed by atoms with Crippen LogP contribution in [0.5, 0.6) is 0 Å². The zero-order chi connectivity index (χ0) is 14.1. The number of rotatable bonds is 3. The summed E-state index contributed by atoms with van der Waals surface area (Å²) in [7, 11) is 0. The summed E-state index contributed by atoms with van der Waals surface area (Å²) in [5.74, 6) is 0.593. The van der Waals surface area contributed by atoms with E-state index in [0.29, 0.717) is 11.0 Å². The van der Waals surface area contributed by atoms with Gasteiger partial charge in [-0.1, -0.05) is 31.0 Å². The van der Waals surface area contributed by atoms with E-state index in [1.165, 1.54) is 5.56 Å². The van der Waals surface area contributed by atoms with Crippen LogP contribution in [0.15, 0.2) is 23.6 Å². The Kier molecular flexibility index (Phi) is 3.68. The lowest BCUT2D eigenvalue weighted by Gasteiger charge is -2.05. The first kappa shape index (κ1) is 13.5. The number of benzene rings is 1. The third-order valence-electron chi connectivity index (χ3n) is 3.10. The van der Waals surface area contributed by atoms with Gasteiger partial charge in [-0.05, 0) is 31.0 Å². The van der Waals surface area contributed by atoms with Crippen molar-refractivity contribution in [1.82, 2.24) is 15.0 Å². The number of aromatic nitrogens is 3. The Morgan fingerprint density at radius 2 is 2.05 bits per heavy atom. The Morgan fingerprint density at radius 1 is 1.20 bits per heavy atom. The molecule has 0 unspecified atom stereocenters. The van der Waals surface area contributed by atoms with Crippen molar-refractivity contribution in [2.24, 2.45) is 0 Å². The van der Waals surface area contributed by atoms with E-state index in [9.17, 15) is 0 Å². The lowest BCUT2D eigenvalue weighted by molar-refractivity contribution is 0.923. The molecule has 1 aromatic carbocycles. The molecule has 3 aromatic rings. The number of nitrogens with zero attached hydrogens (tertiary/aromatic N) is 3. The van der Waals surface area contributed by atoms with Gasteiger partial charge >= 0.3 is 0 Å². The second kappa shape index (κ2) is 5.46. The third-order valence-corrected chi connectivity index (χ3v) is 4.16. The molecule has 0 fully saturated rings. The Balaban J connectivity index is 2.12. The van der Waals surface area contributed by atoms with Crippen LogP contribution in [0.4, 0.5) is 0 Å². The molecule has 2 heterocycles. The lowest BCUT2D eigenvalue weighted by atomic mass is 10.1. The van der Waals surface area contributed by atoms with Gasteiger partial charge in [-0.25, -0.2) is 15.0 Å². The molecule has 0 N–H and O–H groups in total. The van der Waals surface area contributed by atoms with E-state index in [-0.39, 0.29) is 0 Å². The summed E-state index contributed by atoms with van der Waals surface area (Å²) in [6.07, 6.45) is 2.15. The molecule has 0 aliphatic rings. The summed E-state index contributed by atoms with van der Waals surface area (Å²) in [6, 6.07) is 6.19. The maximum Gasteiger partial charge on any atom is 0.181 e. The molecule has 0 saturated carbocycles. The van der Waals surface area contributed by atoms with Gasteiger partial charge in [0.1, 0.15) is 10.8 Å². The van der Waals surface area contributed by atoms with Crippen LogP contribution >= 0.6 is 22.9 Å². The van der Waals surface area contributed by atoms with Crippen molar-refractivity contribution in [1.29, 1.82) is 0 Å². The number of aryl methyl sites for hydroxylation is 2. The van der Waals surface area contributed by atoms with Gasteiger partial charge in [-0.3, -0.25) is 0 Å². The molecule has 102 valence electrons. The highest BCUT2D eigenvalue weighted by atomic mass is 35.5. The van der Waals surface area contributed by atoms with Crippen LogP contribution in [-0.4, -0.2) is 15.0 Å². The van der Waals surface area contributed by atoms with Crippen molar-refractivity contribution in [2.45, 2.75) is 26.7 Å². The SMILES string of the molecule is CCCc1ccc2nc(-c3csc(C)n3)nc(Cl)c2c1. The molecule has 20 heavy (non-hydrogen) atoms. The predicted octanol–water partition coefficient (Wildman–Crippen LogP) is 4.67. The molecule has 2 aromatic heterocycles. The Morgan fingerprint density at radius 3 is 2.75 bits per heavy atom. The molecular weight excluding hydrogens is 290 g/mol. The smallest absolute Gasteiger partial charge is 0.181 e. The van der Waals surface area contributed by atoms with E-state index in [2.05, 4.69) is 34.0 Å². The van der Waals surface area contributed by atoms with Gasteiger partial charge in [0, 0.05) is 10.8 Å². The van der Waals surface area contributed by atoms with Crippen LogP contribution in [0.25, 0.3) is 22.4 Å². The molecule has 0 spiro atoms. The monoisotopic (exact) mass is 303 g/mol. The van der Waals surface area contributed by atoms with Gasteiger partial charge < -0.3 is 0 Å². The molecule has 0 aliphatic heterocycles. The van der Waals surface area contributed by atoms with E-state index in [0.717, 1.165) is 34.4 Å². The summed E-state index contributed by atoms with van der Waals surface area (Å²) in [5, 5.41) is 4.36. The van der Waals surface area contributed by atoms with Crippen LogP contribution in [0.1, 0.15) is 23.9 Å². The first-order valence-corrected chi connectivity index (χ1v) is 7.82. The fourth-order valence-electron chi connectivity index (χ4n) is 2.16. The summed E-state index contributed by atoms with van der Waals surface area (Å²) in [4.78, 5) is 13.4. The zero-order valence-electron chi connectivity index (χ0n) is 11.4. The normalized spacial score (nSPS) is 11.2. The second-order valence-corrected chi connectivity index (χ2v) is 6.11. The molecule has 0 radical (unpaired) electrons. The third kappa shape index (κ3) is 2.53. The van der Waals surface area contributed by atoms with Crippen molar-refractivity contribution in [3.8, 4) is 11.5 Å². The quantitative estimate of drug-likeness (QED) is 0.660. The standard InChI is InChI=1S/C15H14ClN3S/c1-3-4-10-5-6-12-11(7-10)14(16)19-15(18-12)13-8-20-9(2)17-13/h5-8H,3-4H2,1-2H3. The van der Waals surface area contributed by atoms with Gasteiger partial charge in [0.2, 0.25) is 0 Å². The van der Waals surface area contributed by atoms with Crippen LogP contribution in [0.3, 0.4) is 0 Å². The molecule has 0 aliphatic carbocycles. The fraction of sp³-hybridized carbons (Fsp3) is 0.267. The van der Waals surface area contributed by atoms with Crippen molar-refractivity contribution >= 4 is 33.8 Å². The highest BCUT2D eigenvalue weighted by Gasteiger charge is 2.10. The molecular formula is C15H14ClN3S. The van der Waals surface area contributed by atoms with Gasteiger partial charge in [0.05, 0.1) is 10.5 Å². The summed E-state index contributed by atoms with van der Waals surface area (Å²) in [6.45, 7) is 4.13. The van der Waals surface area contributed by atoms with E-state index < -0.39 is 0 Å². The Bertz CT molecular complexity index is 767. The van der Waals surface area contributed by atoms with Gasteiger partial charge in [0.15, 0.2) is 5.82 Å². The molecule has 3 rings (SSSR count). The number of hydrogen-bond acceptors (Lipinski definition) is 4. The van der Waals surface area contributed by atoms with Crippen LogP contribution < -0.4 is 0 Å². The topological polar surface area (TPSA) is 38.7 Å². The first-order chi connectivity index (χ1) is 9.67. The average molecular weight is 304 g/mol. The highest BCUT2D eigenvalue weighted by molar-refractivity contribution is 7.09. The molecule has 3 nitrogen and oxygen atoms in total. The van der Waals surface area contributed by atoms with Gasteiger partial charge in [-0.2, -0.15) is 0 Å². The van der Waals surface area contributed by atoms with Gasteiger partial charge in [0.25, 0.3) is 0 Å². The predicted molar refractivity (Wildman–Crippen MR) is 84.4 cm³/mol. The van der Waals surface area contributed by atoms with Crippen LogP contribution in [0.2, 0.25) is 5.15 Å². The van der Waals surface area contributed by atoms with E-state index in [1.54, 1.807) is 11.3 Å². The van der Waals surface area contributed by atoms with Gasteiger partial charge in [-0.15, -0.1) is 11.3 Å². The van der Waals surface area contributed by atoms with Crippen molar-refractivity contribution < 1.29 is 0 Å². The summed E-state index contributed by atoms with van der Waals surface area (Å²) in [5.41, 5.74) is 2.92. The molecule has 0 saturated heterocycles. The van der Waals surface area contributed by atoms with E-state index in [4.69, 9.17) is 11.6 Å². The Hall–Kier alpha value is -1.52. The average Bonchev–Trinajstić information content (AvgIpc) is 2.86. The maximum absolute atomic E-state index is 6.32. The van der Waals surface area contributed by atoms with Crippen LogP contribution in [-0.2, 0) is 6.42 Å². The number of hydrogen-bond donors (Lipinski definition) is 0. The molecule has 0 atom stereocenters. The molecule has 0 bridgehead atoms. The number of fused-ring (bicyclic) bond motifs is 1. The Labute approximate surface area is 126 Å². The number of halogens is 1. The fourth-order valence-corrected chi connectivity index (χ4v) is 2.99. The lowest BCUT2D eigenvalue weighted by Crippen LogP contribution is -1.93. The van der Waals surface area contributed by atoms with Crippen molar-refractivity contribution in [3.05, 3.63) is 39.3 Å². The number of thiazole rings is 1. The van der Waals surface area contributed by atoms with Crippen LogP contribution in [0, 0.1) is 6.92 Å². The first-order valence-electron chi connectivity index (χ1n) is 6.56. The molecule has 5 heteroatoms. The molecule has 0 amide bonds. The van der Waals surface area contributed by atoms with Crippen molar-refractivity contribution in [2.75, 3.05) is 0 Å². The summed E-state index contributed by atoms with van der Waals surface area (Å²) < 4.78 is 0. The highest BCUT2D eigenvalue weighted by Crippen LogP contribution is 2.26. The minimum atomic E-state index is 0.494. The minimum absolute atomic E-state index is 0.494. The maximum atomic E-state index is 6.32. The second-order valence-electron chi connectivity index (χ2n) is 4.69. The van der Waals surface area contributed by atoms with E-state index in [1.807, 2.05) is 18.4 Å².